The molecule has 1 aliphatic carbocycles. The normalized spacial score (nSPS) is 21.8. The summed E-state index contributed by atoms with van der Waals surface area (Å²) in [7, 11) is 0. The molecule has 0 radical (unpaired) electrons. The molecule has 1 fully saturated rings. The molecule has 0 saturated heterocycles. The molecule has 1 aliphatic rings. The summed E-state index contributed by atoms with van der Waals surface area (Å²) in [6.07, 6.45) is 8.80. The molecule has 0 nitrogen and oxygen atoms in total. The molecule has 0 aromatic rings. The summed E-state index contributed by atoms with van der Waals surface area (Å²) in [6, 6.07) is 0. The predicted octanol–water partition coefficient (Wildman–Crippen LogP) is 4.00. The molecule has 11 heavy (non-hydrogen) atoms. The summed E-state index contributed by atoms with van der Waals surface area (Å²) in [4.78, 5) is 0. The van der Waals surface area contributed by atoms with Gasteiger partial charge in [-0.05, 0) is 30.6 Å². The number of hydrogen-bond donors (Lipinski definition) is 0. The van der Waals surface area contributed by atoms with Gasteiger partial charge in [-0.1, -0.05) is 40.0 Å². The van der Waals surface area contributed by atoms with Gasteiger partial charge in [0.25, 0.3) is 0 Å². The van der Waals surface area contributed by atoms with E-state index in [1.807, 2.05) is 0 Å². The largest absolute Gasteiger partial charge is 0.0654 e. The highest BCUT2D eigenvalue weighted by molar-refractivity contribution is 4.89. The first-order chi connectivity index (χ1) is 5.21. The molecule has 0 bridgehead atoms. The van der Waals surface area contributed by atoms with Crippen molar-refractivity contribution in [1.82, 2.24) is 0 Å². The Morgan fingerprint density at radius 1 is 1.27 bits per heavy atom. The predicted molar refractivity (Wildman–Crippen MR) is 50.6 cm³/mol. The highest BCUT2D eigenvalue weighted by Crippen LogP contribution is 2.50. The Balaban J connectivity index is 2.34. The maximum atomic E-state index is 2.40. The van der Waals surface area contributed by atoms with E-state index in [-0.39, 0.29) is 0 Å². The van der Waals surface area contributed by atoms with Crippen molar-refractivity contribution < 1.29 is 0 Å². The highest BCUT2D eigenvalue weighted by atomic mass is 14.4. The third kappa shape index (κ3) is 1.77. The molecule has 0 aromatic carbocycles. The van der Waals surface area contributed by atoms with Gasteiger partial charge >= 0.3 is 0 Å². The Labute approximate surface area is 71.4 Å². The second-order valence-electron chi connectivity index (χ2n) is 4.47. The molecular weight excluding hydrogens is 132 g/mol. The van der Waals surface area contributed by atoms with Gasteiger partial charge in [0.05, 0.1) is 0 Å². The molecule has 1 rings (SSSR count). The van der Waals surface area contributed by atoms with Crippen LogP contribution in [0.4, 0.5) is 0 Å². The topological polar surface area (TPSA) is 0 Å². The lowest BCUT2D eigenvalue weighted by Crippen LogP contribution is -2.34. The minimum Gasteiger partial charge on any atom is -0.0654 e. The van der Waals surface area contributed by atoms with Crippen molar-refractivity contribution in [2.24, 2.45) is 11.3 Å². The molecule has 0 heteroatoms. The van der Waals surface area contributed by atoms with Crippen molar-refractivity contribution in [1.29, 1.82) is 0 Å². The number of hydrogen-bond acceptors (Lipinski definition) is 0. The molecule has 0 aromatic heterocycles. The molecule has 0 aliphatic heterocycles. The monoisotopic (exact) mass is 154 g/mol. The first-order valence-corrected chi connectivity index (χ1v) is 5.21. The van der Waals surface area contributed by atoms with E-state index in [0.717, 1.165) is 11.3 Å². The summed E-state index contributed by atoms with van der Waals surface area (Å²) >= 11 is 0. The lowest BCUT2D eigenvalue weighted by molar-refractivity contribution is 0.0547. The molecule has 0 N–H and O–H groups in total. The van der Waals surface area contributed by atoms with E-state index in [1.54, 1.807) is 0 Å². The summed E-state index contributed by atoms with van der Waals surface area (Å²) in [5, 5.41) is 0. The van der Waals surface area contributed by atoms with Gasteiger partial charge in [0.15, 0.2) is 0 Å². The van der Waals surface area contributed by atoms with Gasteiger partial charge < -0.3 is 0 Å². The highest BCUT2D eigenvalue weighted by Gasteiger charge is 2.38. The second kappa shape index (κ2) is 3.60. The van der Waals surface area contributed by atoms with Crippen LogP contribution in [0.25, 0.3) is 0 Å². The summed E-state index contributed by atoms with van der Waals surface area (Å²) in [5.41, 5.74) is 0.774. The quantitative estimate of drug-likeness (QED) is 0.574. The van der Waals surface area contributed by atoms with Crippen molar-refractivity contribution in [3.05, 3.63) is 0 Å². The minimum atomic E-state index is 0.774. The zero-order chi connectivity index (χ0) is 8.32. The van der Waals surface area contributed by atoms with Gasteiger partial charge in [-0.15, -0.1) is 0 Å². The Bertz CT molecular complexity index is 109. The molecule has 0 amide bonds. The Morgan fingerprint density at radius 2 is 1.91 bits per heavy atom. The molecular formula is C11H22. The molecule has 1 saturated carbocycles. The van der Waals surface area contributed by atoms with Crippen LogP contribution in [0, 0.1) is 11.3 Å². The van der Waals surface area contributed by atoms with Crippen LogP contribution < -0.4 is 0 Å². The first kappa shape index (κ1) is 9.09. The summed E-state index contributed by atoms with van der Waals surface area (Å²) < 4.78 is 0. The van der Waals surface area contributed by atoms with Gasteiger partial charge in [-0.3, -0.25) is 0 Å². The van der Waals surface area contributed by atoms with Crippen LogP contribution in [0.2, 0.25) is 0 Å². The van der Waals surface area contributed by atoms with E-state index >= 15 is 0 Å². The van der Waals surface area contributed by atoms with Crippen molar-refractivity contribution in [2.45, 2.75) is 59.3 Å². The zero-order valence-corrected chi connectivity index (χ0v) is 8.32. The van der Waals surface area contributed by atoms with Crippen LogP contribution in [-0.4, -0.2) is 0 Å². The van der Waals surface area contributed by atoms with Gasteiger partial charge in [0.1, 0.15) is 0 Å². The van der Waals surface area contributed by atoms with E-state index in [1.165, 1.54) is 38.5 Å². The van der Waals surface area contributed by atoms with Crippen LogP contribution >= 0.6 is 0 Å². The van der Waals surface area contributed by atoms with E-state index in [4.69, 9.17) is 0 Å². The van der Waals surface area contributed by atoms with Gasteiger partial charge in [-0.25, -0.2) is 0 Å². The summed E-state index contributed by atoms with van der Waals surface area (Å²) in [5.74, 6) is 0.919. The average molecular weight is 154 g/mol. The van der Waals surface area contributed by atoms with Crippen LogP contribution in [0.5, 0.6) is 0 Å². The van der Waals surface area contributed by atoms with Crippen molar-refractivity contribution in [3.8, 4) is 0 Å². The smallest absolute Gasteiger partial charge is 0.0274 e. The third-order valence-corrected chi connectivity index (χ3v) is 3.60. The molecule has 0 spiro atoms. The van der Waals surface area contributed by atoms with Crippen LogP contribution in [-0.2, 0) is 0 Å². The SMILES string of the molecule is CCCCC1(C(C)C)CCC1. The Kier molecular flexibility index (Phi) is 2.98. The van der Waals surface area contributed by atoms with E-state index < -0.39 is 0 Å². The maximum Gasteiger partial charge on any atom is -0.0274 e. The minimum absolute atomic E-state index is 0.774. The summed E-state index contributed by atoms with van der Waals surface area (Å²) in [6.45, 7) is 7.09. The zero-order valence-electron chi connectivity index (χ0n) is 8.32. The fourth-order valence-electron chi connectivity index (χ4n) is 2.28. The molecule has 0 atom stereocenters. The molecule has 0 unspecified atom stereocenters. The van der Waals surface area contributed by atoms with Gasteiger partial charge in [0.2, 0.25) is 0 Å². The van der Waals surface area contributed by atoms with Crippen molar-refractivity contribution >= 4 is 0 Å². The number of rotatable bonds is 4. The molecule has 66 valence electrons. The maximum absolute atomic E-state index is 2.40. The second-order valence-corrected chi connectivity index (χ2v) is 4.47. The average Bonchev–Trinajstić information content (AvgIpc) is 1.85. The van der Waals surface area contributed by atoms with Gasteiger partial charge in [-0.2, -0.15) is 0 Å². The van der Waals surface area contributed by atoms with E-state index in [9.17, 15) is 0 Å². The van der Waals surface area contributed by atoms with Crippen LogP contribution in [0.15, 0.2) is 0 Å². The lowest BCUT2D eigenvalue weighted by Gasteiger charge is -2.46. The third-order valence-electron chi connectivity index (χ3n) is 3.60. The standard InChI is InChI=1S/C11H22/c1-4-5-7-11(10(2)3)8-6-9-11/h10H,4-9H2,1-3H3. The van der Waals surface area contributed by atoms with Crippen molar-refractivity contribution in [2.75, 3.05) is 0 Å². The van der Waals surface area contributed by atoms with Gasteiger partial charge in [0, 0.05) is 0 Å². The fourth-order valence-corrected chi connectivity index (χ4v) is 2.28. The molecule has 0 heterocycles. The van der Waals surface area contributed by atoms with Crippen LogP contribution in [0.1, 0.15) is 59.3 Å². The Hall–Kier alpha value is 0. The lowest BCUT2D eigenvalue weighted by atomic mass is 9.60. The first-order valence-electron chi connectivity index (χ1n) is 5.21. The fraction of sp³-hybridized carbons (Fsp3) is 1.00. The van der Waals surface area contributed by atoms with E-state index in [2.05, 4.69) is 20.8 Å². The number of unbranched alkanes of at least 4 members (excludes halogenated alkanes) is 1. The van der Waals surface area contributed by atoms with Crippen molar-refractivity contribution in [3.63, 3.8) is 0 Å². The Morgan fingerprint density at radius 3 is 2.18 bits per heavy atom. The van der Waals surface area contributed by atoms with Crippen LogP contribution in [0.3, 0.4) is 0 Å². The van der Waals surface area contributed by atoms with E-state index in [0.29, 0.717) is 0 Å².